The second-order valence-electron chi connectivity index (χ2n) is 6.29. The van der Waals surface area contributed by atoms with Crippen LogP contribution in [0.4, 0.5) is 5.69 Å². The maximum atomic E-state index is 13.2. The van der Waals surface area contributed by atoms with E-state index in [2.05, 4.69) is 0 Å². The molecule has 1 fully saturated rings. The SMILES string of the molecule is CCOc1ccc(C(=O)N(CN2CCCC2=O)c2ccc(OC)cc2)cc1. The van der Waals surface area contributed by atoms with Crippen molar-refractivity contribution in [1.29, 1.82) is 0 Å². The highest BCUT2D eigenvalue weighted by atomic mass is 16.5. The molecule has 0 spiro atoms. The van der Waals surface area contributed by atoms with Crippen molar-refractivity contribution in [2.45, 2.75) is 19.8 Å². The molecule has 0 unspecified atom stereocenters. The highest BCUT2D eigenvalue weighted by Gasteiger charge is 2.26. The first-order valence-electron chi connectivity index (χ1n) is 9.09. The summed E-state index contributed by atoms with van der Waals surface area (Å²) in [5.41, 5.74) is 1.26. The van der Waals surface area contributed by atoms with E-state index in [9.17, 15) is 9.59 Å². The second kappa shape index (κ2) is 8.58. The lowest BCUT2D eigenvalue weighted by molar-refractivity contribution is -0.127. The summed E-state index contributed by atoms with van der Waals surface area (Å²) >= 11 is 0. The summed E-state index contributed by atoms with van der Waals surface area (Å²) in [6, 6.07) is 14.3. The van der Waals surface area contributed by atoms with E-state index in [-0.39, 0.29) is 18.5 Å². The van der Waals surface area contributed by atoms with Crippen LogP contribution < -0.4 is 14.4 Å². The molecule has 0 aliphatic carbocycles. The standard InChI is InChI=1S/C21H24N2O4/c1-3-27-19-10-6-16(7-11-19)21(25)23(15-22-14-4-5-20(22)24)17-8-12-18(26-2)13-9-17/h6-13H,3-5,14-15H2,1-2H3. The van der Waals surface area contributed by atoms with Crippen LogP contribution >= 0.6 is 0 Å². The molecule has 1 aliphatic rings. The third-order valence-corrected chi connectivity index (χ3v) is 4.53. The van der Waals surface area contributed by atoms with Gasteiger partial charge in [0.1, 0.15) is 18.2 Å². The molecule has 2 aromatic rings. The number of nitrogens with zero attached hydrogens (tertiary/aromatic N) is 2. The molecule has 0 bridgehead atoms. The number of carbonyl (C=O) groups excluding carboxylic acids is 2. The van der Waals surface area contributed by atoms with Gasteiger partial charge in [0.25, 0.3) is 5.91 Å². The highest BCUT2D eigenvalue weighted by Crippen LogP contribution is 2.24. The van der Waals surface area contributed by atoms with Gasteiger partial charge in [-0.05, 0) is 61.9 Å². The Balaban J connectivity index is 1.87. The van der Waals surface area contributed by atoms with Gasteiger partial charge in [0, 0.05) is 24.2 Å². The summed E-state index contributed by atoms with van der Waals surface area (Å²) in [7, 11) is 1.60. The van der Waals surface area contributed by atoms with Crippen molar-refractivity contribution in [3.63, 3.8) is 0 Å². The van der Waals surface area contributed by atoms with Gasteiger partial charge in [-0.25, -0.2) is 0 Å². The van der Waals surface area contributed by atoms with Gasteiger partial charge < -0.3 is 14.4 Å². The molecule has 0 aromatic heterocycles. The van der Waals surface area contributed by atoms with Crippen LogP contribution in [0.25, 0.3) is 0 Å². The number of anilines is 1. The molecular weight excluding hydrogens is 344 g/mol. The molecule has 1 aliphatic heterocycles. The molecule has 6 heteroatoms. The molecular formula is C21H24N2O4. The zero-order chi connectivity index (χ0) is 19.2. The molecule has 2 aromatic carbocycles. The minimum Gasteiger partial charge on any atom is -0.497 e. The molecule has 27 heavy (non-hydrogen) atoms. The van der Waals surface area contributed by atoms with E-state index >= 15 is 0 Å². The minimum atomic E-state index is -0.164. The average molecular weight is 368 g/mol. The van der Waals surface area contributed by atoms with E-state index in [1.807, 2.05) is 19.1 Å². The quantitative estimate of drug-likeness (QED) is 0.752. The number of benzene rings is 2. The first-order valence-corrected chi connectivity index (χ1v) is 9.09. The van der Waals surface area contributed by atoms with Gasteiger partial charge in [0.2, 0.25) is 5.91 Å². The predicted octanol–water partition coefficient (Wildman–Crippen LogP) is 3.32. The first-order chi connectivity index (χ1) is 13.1. The van der Waals surface area contributed by atoms with Crippen LogP contribution in [-0.4, -0.2) is 43.6 Å². The van der Waals surface area contributed by atoms with E-state index in [1.54, 1.807) is 53.3 Å². The van der Waals surface area contributed by atoms with Gasteiger partial charge in [-0.3, -0.25) is 14.5 Å². The van der Waals surface area contributed by atoms with Crippen molar-refractivity contribution in [1.82, 2.24) is 4.90 Å². The summed E-state index contributed by atoms with van der Waals surface area (Å²) in [5.74, 6) is 1.35. The maximum absolute atomic E-state index is 13.2. The summed E-state index contributed by atoms with van der Waals surface area (Å²) in [4.78, 5) is 28.6. The Morgan fingerprint density at radius 2 is 1.74 bits per heavy atom. The molecule has 0 saturated carbocycles. The molecule has 1 heterocycles. The third kappa shape index (κ3) is 4.39. The number of rotatable bonds is 7. The zero-order valence-electron chi connectivity index (χ0n) is 15.7. The third-order valence-electron chi connectivity index (χ3n) is 4.53. The van der Waals surface area contributed by atoms with Crippen molar-refractivity contribution < 1.29 is 19.1 Å². The Morgan fingerprint density at radius 1 is 1.07 bits per heavy atom. The van der Waals surface area contributed by atoms with Gasteiger partial charge in [-0.2, -0.15) is 0 Å². The maximum Gasteiger partial charge on any atom is 0.259 e. The normalized spacial score (nSPS) is 13.6. The highest BCUT2D eigenvalue weighted by molar-refractivity contribution is 6.06. The van der Waals surface area contributed by atoms with Crippen molar-refractivity contribution in [2.75, 3.05) is 31.8 Å². The molecule has 1 saturated heterocycles. The Labute approximate surface area is 159 Å². The average Bonchev–Trinajstić information content (AvgIpc) is 3.11. The van der Waals surface area contributed by atoms with Gasteiger partial charge in [0.15, 0.2) is 0 Å². The van der Waals surface area contributed by atoms with Crippen molar-refractivity contribution >= 4 is 17.5 Å². The lowest BCUT2D eigenvalue weighted by Gasteiger charge is -2.28. The topological polar surface area (TPSA) is 59.1 Å². The van der Waals surface area contributed by atoms with Gasteiger partial charge >= 0.3 is 0 Å². The van der Waals surface area contributed by atoms with Crippen LogP contribution in [0.3, 0.4) is 0 Å². The van der Waals surface area contributed by atoms with Crippen LogP contribution in [0, 0.1) is 0 Å². The molecule has 0 atom stereocenters. The Bertz CT molecular complexity index is 787. The Morgan fingerprint density at radius 3 is 2.30 bits per heavy atom. The number of methoxy groups -OCH3 is 1. The predicted molar refractivity (Wildman–Crippen MR) is 103 cm³/mol. The first kappa shape index (κ1) is 18.8. The van der Waals surface area contributed by atoms with Gasteiger partial charge in [-0.1, -0.05) is 0 Å². The molecule has 6 nitrogen and oxygen atoms in total. The summed E-state index contributed by atoms with van der Waals surface area (Å²) < 4.78 is 10.6. The van der Waals surface area contributed by atoms with Crippen LogP contribution in [0.1, 0.15) is 30.1 Å². The van der Waals surface area contributed by atoms with E-state index in [4.69, 9.17) is 9.47 Å². The van der Waals surface area contributed by atoms with Gasteiger partial charge in [0.05, 0.1) is 13.7 Å². The van der Waals surface area contributed by atoms with Crippen molar-refractivity contribution in [3.05, 3.63) is 54.1 Å². The van der Waals surface area contributed by atoms with E-state index in [0.29, 0.717) is 30.9 Å². The zero-order valence-corrected chi connectivity index (χ0v) is 15.7. The summed E-state index contributed by atoms with van der Waals surface area (Å²) in [5, 5.41) is 0. The van der Waals surface area contributed by atoms with Crippen LogP contribution in [-0.2, 0) is 4.79 Å². The number of ether oxygens (including phenoxy) is 2. The lowest BCUT2D eigenvalue weighted by Crippen LogP contribution is -2.42. The second-order valence-corrected chi connectivity index (χ2v) is 6.29. The Hall–Kier alpha value is -3.02. The number of hydrogen-bond acceptors (Lipinski definition) is 4. The van der Waals surface area contributed by atoms with Crippen LogP contribution in [0.2, 0.25) is 0 Å². The fraction of sp³-hybridized carbons (Fsp3) is 0.333. The number of carbonyl (C=O) groups is 2. The van der Waals surface area contributed by atoms with Gasteiger partial charge in [-0.15, -0.1) is 0 Å². The van der Waals surface area contributed by atoms with E-state index in [0.717, 1.165) is 17.9 Å². The lowest BCUT2D eigenvalue weighted by atomic mass is 10.1. The molecule has 0 radical (unpaired) electrons. The number of amides is 2. The van der Waals surface area contributed by atoms with E-state index < -0.39 is 0 Å². The summed E-state index contributed by atoms with van der Waals surface area (Å²) in [6.45, 7) is 3.39. The number of likely N-dealkylation sites (tertiary alicyclic amines) is 1. The summed E-state index contributed by atoms with van der Waals surface area (Å²) in [6.07, 6.45) is 1.36. The molecule has 0 N–H and O–H groups in total. The van der Waals surface area contributed by atoms with Crippen molar-refractivity contribution in [2.24, 2.45) is 0 Å². The smallest absolute Gasteiger partial charge is 0.259 e. The minimum absolute atomic E-state index is 0.0769. The largest absolute Gasteiger partial charge is 0.497 e. The monoisotopic (exact) mass is 368 g/mol. The fourth-order valence-electron chi connectivity index (χ4n) is 3.07. The van der Waals surface area contributed by atoms with Crippen LogP contribution in [0.15, 0.2) is 48.5 Å². The van der Waals surface area contributed by atoms with Crippen LogP contribution in [0.5, 0.6) is 11.5 Å². The Kier molecular flexibility index (Phi) is 5.96. The molecule has 142 valence electrons. The number of hydrogen-bond donors (Lipinski definition) is 0. The van der Waals surface area contributed by atoms with Crippen molar-refractivity contribution in [3.8, 4) is 11.5 Å². The molecule has 3 rings (SSSR count). The molecule has 2 amide bonds. The van der Waals surface area contributed by atoms with E-state index in [1.165, 1.54) is 0 Å². The fourth-order valence-corrected chi connectivity index (χ4v) is 3.07.